The molecule has 40 heteroatoms. The third kappa shape index (κ3) is 21.9. The second kappa shape index (κ2) is 35.1. The summed E-state index contributed by atoms with van der Waals surface area (Å²) in [5.74, 6) is -0.414. The Morgan fingerprint density at radius 1 is 0.817 bits per heavy atom. The number of allylic oxidation sites excluding steroid dienone is 1. The number of aliphatic hydroxyl groups is 1. The van der Waals surface area contributed by atoms with Gasteiger partial charge < -0.3 is 70.2 Å². The van der Waals surface area contributed by atoms with Crippen LogP contribution in [0.4, 0.5) is 11.4 Å². The second-order valence-electron chi connectivity index (χ2n) is 29.1. The van der Waals surface area contributed by atoms with Gasteiger partial charge in [0.05, 0.1) is 78.3 Å². The Bertz CT molecular complexity index is 4650. The fraction of sp³-hybridized carbons (Fsp3) is 0.565. The number of aliphatic carboxylic acids is 2. The highest BCUT2D eigenvalue weighted by Crippen LogP contribution is 2.66. The number of ether oxygens (including phenoxy) is 2. The number of carboxylic acid groups (broad SMARTS) is 2. The van der Waals surface area contributed by atoms with Crippen molar-refractivity contribution in [3.8, 4) is 11.8 Å². The van der Waals surface area contributed by atoms with Crippen LogP contribution in [0, 0.1) is 17.8 Å². The maximum absolute atomic E-state index is 14.4. The number of phosphoric acid groups is 3. The number of fused-ring (bicyclic) bond motifs is 8. The molecule has 6 aliphatic heterocycles. The number of nitrogens with one attached hydrogen (secondary N) is 5. The number of rotatable bonds is 37. The molecule has 13 N–H and O–H groups in total. The molecular formula is C69H91N7O27P3S3+. The van der Waals surface area contributed by atoms with Gasteiger partial charge >= 0.3 is 41.1 Å². The lowest BCUT2D eigenvalue weighted by molar-refractivity contribution is -0.445. The zero-order valence-electron chi connectivity index (χ0n) is 60.8. The van der Waals surface area contributed by atoms with Gasteiger partial charge in [0.25, 0.3) is 15.7 Å². The Kier molecular flexibility index (Phi) is 27.8. The molecule has 0 spiro atoms. The molecule has 1 saturated heterocycles. The van der Waals surface area contributed by atoms with E-state index in [1.807, 2.05) is 37.0 Å². The molecule has 1 fully saturated rings. The molecule has 109 heavy (non-hydrogen) atoms. The highest BCUT2D eigenvalue weighted by molar-refractivity contribution is 8.77. The van der Waals surface area contributed by atoms with Crippen molar-refractivity contribution in [1.29, 1.82) is 0 Å². The van der Waals surface area contributed by atoms with Crippen LogP contribution in [0.3, 0.4) is 0 Å². The Balaban J connectivity index is 0.815. The van der Waals surface area contributed by atoms with Crippen molar-refractivity contribution in [2.75, 3.05) is 36.9 Å². The van der Waals surface area contributed by atoms with Crippen LogP contribution in [0.25, 0.3) is 0 Å². The summed E-state index contributed by atoms with van der Waals surface area (Å²) in [7, 11) is -18.8. The van der Waals surface area contributed by atoms with Gasteiger partial charge in [0.15, 0.2) is 23.8 Å². The SMILES string of the molecule is CCC(CC(=O)C(CC(=O)O)NC(=O)CCCCCCC(=O)C(CCC(C)(C)SSCCC(=O)NCC#Cc1c(C2CC(O)C(COP(=O)(O)OP(=O)(O)OP(=O)(O)O)O2)[nH]c(=O)[nH]c1=O)NC(=O)Cc1ccc2c(c1)C(C)(C)C1=C3C=C4C5=[N+](CCC4OC3CCN12)c1ccc(S(=O)(=O)O)cc1C5(C)C)C(=O)O. The van der Waals surface area contributed by atoms with Gasteiger partial charge in [0, 0.05) is 95.1 Å². The van der Waals surface area contributed by atoms with E-state index in [-0.39, 0.29) is 91.5 Å². The zero-order chi connectivity index (χ0) is 80.1. The van der Waals surface area contributed by atoms with E-state index in [1.165, 1.54) is 27.7 Å². The highest BCUT2D eigenvalue weighted by atomic mass is 33.1. The average Bonchev–Trinajstić information content (AvgIpc) is 1.55. The van der Waals surface area contributed by atoms with Gasteiger partial charge in [0.1, 0.15) is 17.8 Å². The van der Waals surface area contributed by atoms with Crippen molar-refractivity contribution in [2.24, 2.45) is 5.92 Å². The Morgan fingerprint density at radius 2 is 1.52 bits per heavy atom. The van der Waals surface area contributed by atoms with Crippen LogP contribution in [0.15, 0.2) is 73.8 Å². The van der Waals surface area contributed by atoms with Gasteiger partial charge in [-0.05, 0) is 102 Å². The summed E-state index contributed by atoms with van der Waals surface area (Å²) in [5, 5.41) is 37.7. The number of carboxylic acids is 2. The Morgan fingerprint density at radius 3 is 2.20 bits per heavy atom. The third-order valence-electron chi connectivity index (χ3n) is 19.8. The van der Waals surface area contributed by atoms with Gasteiger partial charge in [-0.1, -0.05) is 79.2 Å². The number of H-pyrrole nitrogens is 2. The molecular weight excluding hydrogens is 1550 g/mol. The predicted octanol–water partition coefficient (Wildman–Crippen LogP) is 6.24. The summed E-state index contributed by atoms with van der Waals surface area (Å²) < 4.78 is 95.9. The van der Waals surface area contributed by atoms with Gasteiger partial charge in [-0.3, -0.25) is 52.4 Å². The van der Waals surface area contributed by atoms with Gasteiger partial charge in [0.2, 0.25) is 23.4 Å². The second-order valence-corrected chi connectivity index (χ2v) is 38.1. The fourth-order valence-electron chi connectivity index (χ4n) is 14.6. The normalized spacial score (nSPS) is 21.6. The molecule has 9 rings (SSSR count). The van der Waals surface area contributed by atoms with E-state index in [4.69, 9.17) is 19.3 Å². The van der Waals surface area contributed by atoms with Crippen molar-refractivity contribution in [1.82, 2.24) is 25.9 Å². The smallest absolute Gasteiger partial charge is 0.481 e. The molecule has 0 aliphatic carbocycles. The number of aromatic amines is 2. The quantitative estimate of drug-likeness (QED) is 0.00758. The molecule has 6 aliphatic rings. The molecule has 10 unspecified atom stereocenters. The largest absolute Gasteiger partial charge is 0.490 e. The number of hydrogen-bond acceptors (Lipinski definition) is 23. The van der Waals surface area contributed by atoms with Crippen LogP contribution in [0.2, 0.25) is 0 Å². The molecule has 10 atom stereocenters. The minimum absolute atomic E-state index is 0.0132. The molecule has 0 radical (unpaired) electrons. The summed E-state index contributed by atoms with van der Waals surface area (Å²) in [4.78, 5) is 159. The standard InChI is InChI=1S/C69H90N7O27P3S3/c1-8-39(65(86)87)32-51(78)47(35-60(83)84)72-58(81)16-12-10-9-11-15-50(77)46(21-25-67(2,3)108-107-29-24-57(80)70-26-13-14-41-61(73-66(88)74-64(41)85)55-36-52(79)56(101-55)37-99-105(92,93)103-106(94,95)102-104(89,90)91)71-59(82)31-38-17-19-48-44(30-38)68(4,5)62-42-34-43-54(100-53(42)22-27-75(48)62)23-28-76-49-20-18-40(109(96,97)98)33-45(49)69(6,7)63(43)76/h17-20,30,33-34,39,46-47,52-56,79H,8-12,15-16,21-29,31-32,35-37H2,1-7H3,(H11-,70,71,72,73,74,80,81,82,83,84,85,86,87,88,89,90,91,92,93,94,95,96,97,98)/p+1. The zero-order valence-corrected chi connectivity index (χ0v) is 65.9. The number of hydrogen-bond donors (Lipinski definition) is 13. The number of Topliss-reactive ketones (excluding diaryl/α,β-unsaturated/α-hetero) is 2. The lowest BCUT2D eigenvalue weighted by Crippen LogP contribution is -2.47. The number of benzene rings is 2. The number of aromatic nitrogens is 2. The summed E-state index contributed by atoms with van der Waals surface area (Å²) >= 11 is 0. The van der Waals surface area contributed by atoms with Gasteiger partial charge in [-0.2, -0.15) is 21.6 Å². The first-order valence-corrected chi connectivity index (χ1v) is 43.6. The van der Waals surface area contributed by atoms with Gasteiger partial charge in [-0.15, -0.1) is 0 Å². The van der Waals surface area contributed by atoms with Crippen LogP contribution in [0.5, 0.6) is 0 Å². The fourth-order valence-corrected chi connectivity index (χ4v) is 20.7. The Hall–Kier alpha value is -6.78. The molecule has 0 bridgehead atoms. The van der Waals surface area contributed by atoms with E-state index in [2.05, 4.69) is 89.2 Å². The van der Waals surface area contributed by atoms with Crippen molar-refractivity contribution < 1.29 is 122 Å². The van der Waals surface area contributed by atoms with E-state index < -0.39 is 146 Å². The number of aliphatic hydroxyl groups excluding tert-OH is 1. The number of carbonyl (C=O) groups excluding carboxylic acids is 5. The number of anilines is 1. The maximum atomic E-state index is 14.4. The van der Waals surface area contributed by atoms with E-state index in [9.17, 15) is 94.9 Å². The van der Waals surface area contributed by atoms with Crippen LogP contribution >= 0.6 is 45.1 Å². The highest BCUT2D eigenvalue weighted by Gasteiger charge is 2.55. The number of carbonyl (C=O) groups is 7. The van der Waals surface area contributed by atoms with Crippen LogP contribution < -0.4 is 32.1 Å². The molecule has 2 aromatic carbocycles. The minimum atomic E-state index is -5.86. The third-order valence-corrected chi connectivity index (χ3v) is 27.8. The van der Waals surface area contributed by atoms with Gasteiger partial charge in [-0.25, -0.2) is 18.5 Å². The van der Waals surface area contributed by atoms with E-state index >= 15 is 0 Å². The maximum Gasteiger partial charge on any atom is 0.490 e. The van der Waals surface area contributed by atoms with E-state index in [1.54, 1.807) is 19.1 Å². The van der Waals surface area contributed by atoms with Crippen LogP contribution in [-0.4, -0.2) is 183 Å². The summed E-state index contributed by atoms with van der Waals surface area (Å²) in [6.07, 6.45) is -0.0322. The van der Waals surface area contributed by atoms with E-state index in [0.29, 0.717) is 57.4 Å². The number of amides is 3. The first-order valence-electron chi connectivity index (χ1n) is 35.3. The van der Waals surface area contributed by atoms with Crippen molar-refractivity contribution in [2.45, 2.75) is 214 Å². The minimum Gasteiger partial charge on any atom is -0.481 e. The summed E-state index contributed by atoms with van der Waals surface area (Å²) in [6, 6.07) is 8.39. The van der Waals surface area contributed by atoms with Crippen molar-refractivity contribution >= 4 is 113 Å². The van der Waals surface area contributed by atoms with Crippen LogP contribution in [-0.2, 0) is 97.2 Å². The molecule has 1 aromatic heterocycles. The Labute approximate surface area is 635 Å². The topological polar surface area (TPSA) is 521 Å². The number of phosphoric ester groups is 1. The molecule has 3 aromatic rings. The number of nitrogens with zero attached hydrogens (tertiary/aromatic N) is 2. The first-order chi connectivity index (χ1) is 50.9. The first kappa shape index (κ1) is 86.2. The van der Waals surface area contributed by atoms with Crippen molar-refractivity contribution in [3.05, 3.63) is 108 Å². The number of unbranched alkanes of at least 4 members (excludes halogenated alkanes) is 3. The summed E-state index contributed by atoms with van der Waals surface area (Å²) in [6.45, 7) is 13.9. The van der Waals surface area contributed by atoms with E-state index in [0.717, 1.165) is 57.0 Å². The molecule has 7 heterocycles. The predicted molar refractivity (Wildman–Crippen MR) is 396 cm³/mol. The average molecular weight is 1640 g/mol. The molecule has 34 nitrogen and oxygen atoms in total. The summed E-state index contributed by atoms with van der Waals surface area (Å²) in [5.41, 5.74) is 4.78. The monoisotopic (exact) mass is 1640 g/mol. The van der Waals surface area contributed by atoms with Crippen molar-refractivity contribution in [3.63, 3.8) is 0 Å². The van der Waals surface area contributed by atoms with Crippen LogP contribution in [0.1, 0.15) is 179 Å². The lowest BCUT2D eigenvalue weighted by atomic mass is 9.74. The molecule has 3 amide bonds. The molecule has 596 valence electrons. The number of ketones is 2. The lowest BCUT2D eigenvalue weighted by Gasteiger charge is -2.42. The molecule has 0 saturated carbocycles.